The van der Waals surface area contributed by atoms with Crippen molar-refractivity contribution in [1.82, 2.24) is 0 Å². The monoisotopic (exact) mass is 222 g/mol. The highest BCUT2D eigenvalue weighted by atomic mass is 16.3. The van der Waals surface area contributed by atoms with E-state index in [1.165, 1.54) is 32.1 Å². The van der Waals surface area contributed by atoms with E-state index in [9.17, 15) is 5.11 Å². The predicted molar refractivity (Wildman–Crippen MR) is 66.0 cm³/mol. The van der Waals surface area contributed by atoms with Gasteiger partial charge in [0.1, 0.15) is 0 Å². The summed E-state index contributed by atoms with van der Waals surface area (Å²) < 4.78 is 0. The number of aliphatic hydroxyl groups is 1. The van der Waals surface area contributed by atoms with Gasteiger partial charge in [0.2, 0.25) is 0 Å². The van der Waals surface area contributed by atoms with Crippen LogP contribution >= 0.6 is 0 Å². The highest BCUT2D eigenvalue weighted by Crippen LogP contribution is 2.70. The summed E-state index contributed by atoms with van der Waals surface area (Å²) >= 11 is 0. The second-order valence-electron chi connectivity index (χ2n) is 7.38. The largest absolute Gasteiger partial charge is 0.396 e. The van der Waals surface area contributed by atoms with Crippen molar-refractivity contribution in [3.63, 3.8) is 0 Å². The van der Waals surface area contributed by atoms with Gasteiger partial charge in [-0.1, -0.05) is 20.8 Å². The molecule has 1 N–H and O–H groups in total. The van der Waals surface area contributed by atoms with Gasteiger partial charge in [0.25, 0.3) is 0 Å². The standard InChI is InChI=1S/C15H26O/c1-10-4-5-13-14(2,3)12(9-16)11-6-7-15(10,13)8-11/h10-13,16H,4-9H2,1-3H3/t10-,11+,12+,13+,15-/m0/s1. The van der Waals surface area contributed by atoms with Crippen molar-refractivity contribution in [1.29, 1.82) is 0 Å². The lowest BCUT2D eigenvalue weighted by Crippen LogP contribution is -2.48. The first kappa shape index (κ1) is 11.1. The molecule has 0 saturated heterocycles. The average molecular weight is 222 g/mol. The maximum atomic E-state index is 9.73. The Hall–Kier alpha value is -0.0400. The Morgan fingerprint density at radius 1 is 1.19 bits per heavy atom. The summed E-state index contributed by atoms with van der Waals surface area (Å²) in [5.41, 5.74) is 1.04. The third-order valence-electron chi connectivity index (χ3n) is 6.81. The van der Waals surface area contributed by atoms with Crippen LogP contribution in [-0.4, -0.2) is 11.7 Å². The Morgan fingerprint density at radius 3 is 2.62 bits per heavy atom. The molecular weight excluding hydrogens is 196 g/mol. The lowest BCUT2D eigenvalue weighted by atomic mass is 9.52. The van der Waals surface area contributed by atoms with E-state index in [1.807, 2.05) is 0 Å². The fraction of sp³-hybridized carbons (Fsp3) is 1.00. The van der Waals surface area contributed by atoms with Crippen LogP contribution in [0.4, 0.5) is 0 Å². The van der Waals surface area contributed by atoms with Gasteiger partial charge in [-0.2, -0.15) is 0 Å². The van der Waals surface area contributed by atoms with Crippen molar-refractivity contribution in [2.24, 2.45) is 34.5 Å². The van der Waals surface area contributed by atoms with Crippen LogP contribution in [-0.2, 0) is 0 Å². The quantitative estimate of drug-likeness (QED) is 0.720. The molecule has 3 aliphatic carbocycles. The second-order valence-corrected chi connectivity index (χ2v) is 7.38. The summed E-state index contributed by atoms with van der Waals surface area (Å²) in [5.74, 6) is 3.20. The van der Waals surface area contributed by atoms with E-state index in [2.05, 4.69) is 20.8 Å². The van der Waals surface area contributed by atoms with Gasteiger partial charge >= 0.3 is 0 Å². The molecule has 1 spiro atoms. The van der Waals surface area contributed by atoms with E-state index in [-0.39, 0.29) is 0 Å². The van der Waals surface area contributed by atoms with Crippen molar-refractivity contribution in [3.8, 4) is 0 Å². The number of hydrogen-bond donors (Lipinski definition) is 1. The third-order valence-corrected chi connectivity index (χ3v) is 6.81. The lowest BCUT2D eigenvalue weighted by molar-refractivity contribution is -0.0675. The molecule has 92 valence electrons. The van der Waals surface area contributed by atoms with Gasteiger partial charge in [-0.15, -0.1) is 0 Å². The molecule has 3 aliphatic rings. The molecule has 0 aliphatic heterocycles. The number of aliphatic hydroxyl groups excluding tert-OH is 1. The van der Waals surface area contributed by atoms with E-state index in [1.54, 1.807) is 0 Å². The van der Waals surface area contributed by atoms with Crippen molar-refractivity contribution in [2.75, 3.05) is 6.61 Å². The summed E-state index contributed by atoms with van der Waals surface area (Å²) in [6, 6.07) is 0. The normalized spacial score (nSPS) is 54.0. The molecule has 0 aromatic rings. The summed E-state index contributed by atoms with van der Waals surface area (Å²) in [6.07, 6.45) is 7.10. The van der Waals surface area contributed by atoms with Crippen molar-refractivity contribution < 1.29 is 5.11 Å². The molecule has 0 aromatic heterocycles. The first-order valence-corrected chi connectivity index (χ1v) is 7.13. The molecule has 5 atom stereocenters. The molecule has 3 saturated carbocycles. The highest BCUT2D eigenvalue weighted by Gasteiger charge is 2.63. The molecule has 0 heterocycles. The summed E-state index contributed by atoms with van der Waals surface area (Å²) in [4.78, 5) is 0. The fourth-order valence-electron chi connectivity index (χ4n) is 5.95. The summed E-state index contributed by atoms with van der Waals surface area (Å²) in [7, 11) is 0. The predicted octanol–water partition coefficient (Wildman–Crippen LogP) is 3.47. The molecule has 1 nitrogen and oxygen atoms in total. The van der Waals surface area contributed by atoms with Crippen LogP contribution in [0.2, 0.25) is 0 Å². The van der Waals surface area contributed by atoms with Crippen LogP contribution in [0.25, 0.3) is 0 Å². The topological polar surface area (TPSA) is 20.2 Å². The van der Waals surface area contributed by atoms with E-state index >= 15 is 0 Å². The molecule has 0 aromatic carbocycles. The molecule has 16 heavy (non-hydrogen) atoms. The smallest absolute Gasteiger partial charge is 0.0467 e. The zero-order valence-electron chi connectivity index (χ0n) is 11.0. The minimum absolute atomic E-state index is 0.374. The van der Waals surface area contributed by atoms with E-state index in [0.29, 0.717) is 23.4 Å². The van der Waals surface area contributed by atoms with Gasteiger partial charge in [0, 0.05) is 6.61 Å². The minimum atomic E-state index is 0.374. The van der Waals surface area contributed by atoms with Gasteiger partial charge in [0.05, 0.1) is 0 Å². The van der Waals surface area contributed by atoms with Gasteiger partial charge in [0.15, 0.2) is 0 Å². The second kappa shape index (κ2) is 3.25. The molecule has 0 radical (unpaired) electrons. The number of rotatable bonds is 1. The van der Waals surface area contributed by atoms with Crippen LogP contribution in [0.3, 0.4) is 0 Å². The molecule has 0 unspecified atom stereocenters. The van der Waals surface area contributed by atoms with E-state index in [0.717, 1.165) is 17.8 Å². The molecule has 0 amide bonds. The van der Waals surface area contributed by atoms with Gasteiger partial charge in [-0.3, -0.25) is 0 Å². The zero-order valence-corrected chi connectivity index (χ0v) is 11.0. The minimum Gasteiger partial charge on any atom is -0.396 e. The first-order chi connectivity index (χ1) is 7.52. The number of hydrogen-bond acceptors (Lipinski definition) is 1. The Morgan fingerprint density at radius 2 is 1.94 bits per heavy atom. The maximum Gasteiger partial charge on any atom is 0.0467 e. The van der Waals surface area contributed by atoms with E-state index in [4.69, 9.17) is 0 Å². The molecule has 2 bridgehead atoms. The van der Waals surface area contributed by atoms with Crippen LogP contribution in [0.1, 0.15) is 52.9 Å². The van der Waals surface area contributed by atoms with E-state index < -0.39 is 0 Å². The van der Waals surface area contributed by atoms with Crippen molar-refractivity contribution in [3.05, 3.63) is 0 Å². The maximum absolute atomic E-state index is 9.73. The van der Waals surface area contributed by atoms with Crippen LogP contribution < -0.4 is 0 Å². The average Bonchev–Trinajstić information content (AvgIpc) is 2.74. The molecule has 1 heteroatoms. The van der Waals surface area contributed by atoms with Crippen LogP contribution in [0.5, 0.6) is 0 Å². The van der Waals surface area contributed by atoms with Gasteiger partial charge in [-0.25, -0.2) is 0 Å². The van der Waals surface area contributed by atoms with Crippen LogP contribution in [0.15, 0.2) is 0 Å². The first-order valence-electron chi connectivity index (χ1n) is 7.13. The Kier molecular flexibility index (Phi) is 2.25. The van der Waals surface area contributed by atoms with Crippen molar-refractivity contribution in [2.45, 2.75) is 52.9 Å². The van der Waals surface area contributed by atoms with Gasteiger partial charge in [-0.05, 0) is 66.6 Å². The van der Waals surface area contributed by atoms with Crippen molar-refractivity contribution >= 4 is 0 Å². The fourth-order valence-corrected chi connectivity index (χ4v) is 5.95. The molecule has 3 rings (SSSR count). The van der Waals surface area contributed by atoms with Gasteiger partial charge < -0.3 is 5.11 Å². The third kappa shape index (κ3) is 1.11. The Balaban J connectivity index is 2.03. The molecular formula is C15H26O. The zero-order chi connectivity index (χ0) is 11.6. The summed E-state index contributed by atoms with van der Waals surface area (Å²) in [5, 5.41) is 9.73. The highest BCUT2D eigenvalue weighted by molar-refractivity contribution is 5.12. The Labute approximate surface area is 99.6 Å². The number of fused-ring (bicyclic) bond motifs is 1. The SMILES string of the molecule is C[C@H]1CC[C@@H]2C(C)(C)[C@H](CO)[C@@H]3CC[C@@]21C3. The van der Waals surface area contributed by atoms with Crippen LogP contribution in [0, 0.1) is 34.5 Å². The summed E-state index contributed by atoms with van der Waals surface area (Å²) in [6.45, 7) is 7.77. The Bertz CT molecular complexity index is 296. The molecule has 3 fully saturated rings. The lowest BCUT2D eigenvalue weighted by Gasteiger charge is -2.53.